The van der Waals surface area contributed by atoms with Gasteiger partial charge in [-0.05, 0) is 38.1 Å². The number of aryl methyl sites for hydroxylation is 1. The quantitative estimate of drug-likeness (QED) is 0.864. The van der Waals surface area contributed by atoms with Gasteiger partial charge in [-0.1, -0.05) is 13.8 Å². The summed E-state index contributed by atoms with van der Waals surface area (Å²) < 4.78 is 2.29. The Morgan fingerprint density at radius 3 is 2.62 bits per heavy atom. The van der Waals surface area contributed by atoms with Crippen molar-refractivity contribution >= 4 is 22.6 Å². The number of anilines is 1. The lowest BCUT2D eigenvalue weighted by atomic mass is 10.1. The number of carbonyl (C=O) groups excluding carboxylic acids is 1. The number of fused-ring (bicyclic) bond motifs is 1. The molecule has 1 fully saturated rings. The summed E-state index contributed by atoms with van der Waals surface area (Å²) in [5, 5.41) is 2.99. The Labute approximate surface area is 156 Å². The molecule has 1 aromatic carbocycles. The van der Waals surface area contributed by atoms with Crippen LogP contribution in [-0.2, 0) is 17.9 Å². The molecule has 1 N–H and O–H groups in total. The van der Waals surface area contributed by atoms with Crippen LogP contribution < -0.4 is 5.32 Å². The number of hydrogen-bond acceptors (Lipinski definition) is 4. The topological polar surface area (TPSA) is 53.4 Å². The predicted octanol–water partition coefficient (Wildman–Crippen LogP) is 2.79. The average molecular weight is 358 g/mol. The van der Waals surface area contributed by atoms with Gasteiger partial charge in [-0.25, -0.2) is 4.98 Å². The van der Waals surface area contributed by atoms with Gasteiger partial charge >= 0.3 is 0 Å². The zero-order valence-electron chi connectivity index (χ0n) is 16.5. The molecule has 1 saturated heterocycles. The van der Waals surface area contributed by atoms with Crippen LogP contribution in [0.4, 0.5) is 5.69 Å². The zero-order chi connectivity index (χ0) is 18.7. The van der Waals surface area contributed by atoms with Gasteiger partial charge in [0, 0.05) is 44.8 Å². The molecule has 0 aliphatic carbocycles. The molecular formula is C20H31N5O. The lowest BCUT2D eigenvalue weighted by Gasteiger charge is -2.32. The predicted molar refractivity (Wildman–Crippen MR) is 106 cm³/mol. The summed E-state index contributed by atoms with van der Waals surface area (Å²) >= 11 is 0. The molecule has 0 atom stereocenters. The molecule has 0 saturated carbocycles. The third-order valence-electron chi connectivity index (χ3n) is 4.98. The highest BCUT2D eigenvalue weighted by atomic mass is 16.1. The summed E-state index contributed by atoms with van der Waals surface area (Å²) in [4.78, 5) is 21.7. The highest BCUT2D eigenvalue weighted by Gasteiger charge is 2.18. The standard InChI is InChI=1S/C20H31N5O/c1-5-25-18-7-6-16(21-20(26)12-15(2)3)13-17(18)22-19(25)14-24-10-8-23(4)9-11-24/h6-7,13,15H,5,8-12,14H2,1-4H3,(H,21,26). The molecule has 2 heterocycles. The molecule has 0 spiro atoms. The number of amides is 1. The van der Waals surface area contributed by atoms with E-state index in [1.54, 1.807) is 0 Å². The summed E-state index contributed by atoms with van der Waals surface area (Å²) in [6, 6.07) is 6.05. The lowest BCUT2D eigenvalue weighted by Crippen LogP contribution is -2.44. The lowest BCUT2D eigenvalue weighted by molar-refractivity contribution is -0.116. The number of aromatic nitrogens is 2. The van der Waals surface area contributed by atoms with E-state index in [4.69, 9.17) is 4.98 Å². The molecule has 1 aliphatic heterocycles. The second kappa shape index (κ2) is 8.18. The molecule has 2 aromatic rings. The number of benzene rings is 1. The van der Waals surface area contributed by atoms with Crippen LogP contribution in [0.15, 0.2) is 18.2 Å². The van der Waals surface area contributed by atoms with E-state index in [0.717, 1.165) is 61.8 Å². The van der Waals surface area contributed by atoms with Crippen molar-refractivity contribution in [2.45, 2.75) is 40.3 Å². The number of piperazine rings is 1. The minimum absolute atomic E-state index is 0.0620. The van der Waals surface area contributed by atoms with Crippen molar-refractivity contribution in [3.05, 3.63) is 24.0 Å². The summed E-state index contributed by atoms with van der Waals surface area (Å²) in [6.45, 7) is 12.4. The largest absolute Gasteiger partial charge is 0.327 e. The monoisotopic (exact) mass is 357 g/mol. The van der Waals surface area contributed by atoms with Gasteiger partial charge in [-0.15, -0.1) is 0 Å². The highest BCUT2D eigenvalue weighted by molar-refractivity contribution is 5.93. The fraction of sp³-hybridized carbons (Fsp3) is 0.600. The average Bonchev–Trinajstić information content (AvgIpc) is 2.92. The van der Waals surface area contributed by atoms with Crippen LogP contribution in [-0.4, -0.2) is 58.5 Å². The van der Waals surface area contributed by atoms with Crippen molar-refractivity contribution in [1.29, 1.82) is 0 Å². The summed E-state index contributed by atoms with van der Waals surface area (Å²) in [7, 11) is 2.17. The molecule has 0 bridgehead atoms. The third kappa shape index (κ3) is 4.43. The van der Waals surface area contributed by atoms with Gasteiger partial charge in [0.25, 0.3) is 0 Å². The molecule has 6 nitrogen and oxygen atoms in total. The van der Waals surface area contributed by atoms with Crippen molar-refractivity contribution in [2.75, 3.05) is 38.5 Å². The van der Waals surface area contributed by atoms with Crippen LogP contribution in [0.2, 0.25) is 0 Å². The maximum absolute atomic E-state index is 12.0. The minimum atomic E-state index is 0.0620. The Kier molecular flexibility index (Phi) is 5.94. The fourth-order valence-corrected chi connectivity index (χ4v) is 3.52. The van der Waals surface area contributed by atoms with E-state index in [0.29, 0.717) is 12.3 Å². The van der Waals surface area contributed by atoms with Gasteiger partial charge in [0.1, 0.15) is 5.82 Å². The first-order chi connectivity index (χ1) is 12.5. The smallest absolute Gasteiger partial charge is 0.224 e. The van der Waals surface area contributed by atoms with Gasteiger partial charge in [0.2, 0.25) is 5.91 Å². The normalized spacial score (nSPS) is 16.5. The number of nitrogens with zero attached hydrogens (tertiary/aromatic N) is 4. The van der Waals surface area contributed by atoms with E-state index in [1.165, 1.54) is 0 Å². The molecule has 0 unspecified atom stereocenters. The minimum Gasteiger partial charge on any atom is -0.327 e. The Hall–Kier alpha value is -1.92. The van der Waals surface area contributed by atoms with Gasteiger partial charge in [0.15, 0.2) is 0 Å². The first kappa shape index (κ1) is 18.9. The van der Waals surface area contributed by atoms with Crippen molar-refractivity contribution < 1.29 is 4.79 Å². The molecule has 1 aromatic heterocycles. The number of carbonyl (C=O) groups is 1. The van der Waals surface area contributed by atoms with Crippen molar-refractivity contribution in [3.8, 4) is 0 Å². The van der Waals surface area contributed by atoms with Crippen LogP contribution in [0, 0.1) is 5.92 Å². The van der Waals surface area contributed by atoms with Gasteiger partial charge in [0.05, 0.1) is 17.6 Å². The molecular weight excluding hydrogens is 326 g/mol. The number of rotatable bonds is 6. The van der Waals surface area contributed by atoms with Crippen LogP contribution in [0.3, 0.4) is 0 Å². The van der Waals surface area contributed by atoms with Crippen LogP contribution >= 0.6 is 0 Å². The van der Waals surface area contributed by atoms with Gasteiger partial charge in [-0.3, -0.25) is 9.69 Å². The summed E-state index contributed by atoms with van der Waals surface area (Å²) in [6.07, 6.45) is 0.538. The maximum Gasteiger partial charge on any atom is 0.224 e. The van der Waals surface area contributed by atoms with Crippen molar-refractivity contribution in [1.82, 2.24) is 19.4 Å². The van der Waals surface area contributed by atoms with E-state index in [1.807, 2.05) is 12.1 Å². The Balaban J connectivity index is 1.78. The number of likely N-dealkylation sites (N-methyl/N-ethyl adjacent to an activating group) is 1. The third-order valence-corrected chi connectivity index (χ3v) is 4.98. The van der Waals surface area contributed by atoms with Crippen LogP contribution in [0.5, 0.6) is 0 Å². The summed E-state index contributed by atoms with van der Waals surface area (Å²) in [5.41, 5.74) is 2.92. The number of nitrogens with one attached hydrogen (secondary N) is 1. The van der Waals surface area contributed by atoms with Gasteiger partial charge < -0.3 is 14.8 Å². The van der Waals surface area contributed by atoms with E-state index in [-0.39, 0.29) is 5.91 Å². The molecule has 0 radical (unpaired) electrons. The summed E-state index contributed by atoms with van der Waals surface area (Å²) in [5.74, 6) is 1.53. The highest BCUT2D eigenvalue weighted by Crippen LogP contribution is 2.22. The number of hydrogen-bond donors (Lipinski definition) is 1. The van der Waals surface area contributed by atoms with Crippen LogP contribution in [0.1, 0.15) is 33.0 Å². The Bertz CT molecular complexity index is 759. The maximum atomic E-state index is 12.0. The van der Waals surface area contributed by atoms with Crippen molar-refractivity contribution in [2.24, 2.45) is 5.92 Å². The second-order valence-electron chi connectivity index (χ2n) is 7.70. The van der Waals surface area contributed by atoms with Gasteiger partial charge in [-0.2, -0.15) is 0 Å². The molecule has 1 amide bonds. The van der Waals surface area contributed by atoms with E-state index in [9.17, 15) is 4.79 Å². The molecule has 3 rings (SSSR count). The zero-order valence-corrected chi connectivity index (χ0v) is 16.5. The molecule has 1 aliphatic rings. The van der Waals surface area contributed by atoms with E-state index >= 15 is 0 Å². The van der Waals surface area contributed by atoms with E-state index in [2.05, 4.69) is 53.6 Å². The Morgan fingerprint density at radius 1 is 1.23 bits per heavy atom. The molecule has 26 heavy (non-hydrogen) atoms. The SMILES string of the molecule is CCn1c(CN2CCN(C)CC2)nc2cc(NC(=O)CC(C)C)ccc21. The fourth-order valence-electron chi connectivity index (χ4n) is 3.52. The first-order valence-corrected chi connectivity index (χ1v) is 9.66. The first-order valence-electron chi connectivity index (χ1n) is 9.66. The Morgan fingerprint density at radius 2 is 1.96 bits per heavy atom. The molecule has 142 valence electrons. The number of imidazole rings is 1. The molecule has 6 heteroatoms. The van der Waals surface area contributed by atoms with E-state index < -0.39 is 0 Å². The second-order valence-corrected chi connectivity index (χ2v) is 7.70. The van der Waals surface area contributed by atoms with Crippen molar-refractivity contribution in [3.63, 3.8) is 0 Å². The van der Waals surface area contributed by atoms with Crippen LogP contribution in [0.25, 0.3) is 11.0 Å².